The van der Waals surface area contributed by atoms with E-state index in [1.807, 2.05) is 0 Å². The summed E-state index contributed by atoms with van der Waals surface area (Å²) in [7, 11) is 0. The molecular weight excluding hydrogens is 208 g/mol. The zero-order valence-electron chi connectivity index (χ0n) is 9.37. The quantitative estimate of drug-likeness (QED) is 0.738. The summed E-state index contributed by atoms with van der Waals surface area (Å²) >= 11 is 5.38. The van der Waals surface area contributed by atoms with E-state index in [-0.39, 0.29) is 0 Å². The Bertz CT molecular complexity index is 225. The molecule has 0 aromatic rings. The van der Waals surface area contributed by atoms with Gasteiger partial charge in [0, 0.05) is 25.7 Å². The van der Waals surface area contributed by atoms with Gasteiger partial charge < -0.3 is 15.0 Å². The topological polar surface area (TPSA) is 24.5 Å². The van der Waals surface area contributed by atoms with Crippen molar-refractivity contribution in [1.82, 2.24) is 10.2 Å². The van der Waals surface area contributed by atoms with Crippen LogP contribution in [0.15, 0.2) is 0 Å². The van der Waals surface area contributed by atoms with Gasteiger partial charge in [-0.2, -0.15) is 0 Å². The first kappa shape index (κ1) is 11.1. The number of rotatable bonds is 4. The van der Waals surface area contributed by atoms with Crippen LogP contribution in [-0.4, -0.2) is 41.9 Å². The van der Waals surface area contributed by atoms with Crippen LogP contribution in [0.1, 0.15) is 32.6 Å². The maximum Gasteiger partial charge on any atom is 0.169 e. The lowest BCUT2D eigenvalue weighted by Crippen LogP contribution is -2.44. The minimum atomic E-state index is 0.393. The van der Waals surface area contributed by atoms with E-state index in [0.717, 1.165) is 24.8 Å². The molecule has 1 saturated heterocycles. The summed E-state index contributed by atoms with van der Waals surface area (Å²) in [5, 5.41) is 4.29. The van der Waals surface area contributed by atoms with Gasteiger partial charge in [-0.1, -0.05) is 0 Å². The molecular formula is C11H20N2OS. The average Bonchev–Trinajstić information content (AvgIpc) is 2.89. The van der Waals surface area contributed by atoms with Crippen molar-refractivity contribution in [2.75, 3.05) is 19.7 Å². The fourth-order valence-corrected chi connectivity index (χ4v) is 2.25. The SMILES string of the molecule is CCN(CC1CCCO1)C(=S)NC1CC1. The van der Waals surface area contributed by atoms with E-state index in [4.69, 9.17) is 17.0 Å². The van der Waals surface area contributed by atoms with Crippen LogP contribution >= 0.6 is 12.2 Å². The molecule has 1 unspecified atom stereocenters. The van der Waals surface area contributed by atoms with Gasteiger partial charge in [-0.3, -0.25) is 0 Å². The Morgan fingerprint density at radius 2 is 2.27 bits per heavy atom. The molecule has 3 nitrogen and oxygen atoms in total. The van der Waals surface area contributed by atoms with Gasteiger partial charge in [0.2, 0.25) is 0 Å². The lowest BCUT2D eigenvalue weighted by Gasteiger charge is -2.26. The van der Waals surface area contributed by atoms with Crippen molar-refractivity contribution in [2.24, 2.45) is 0 Å². The lowest BCUT2D eigenvalue weighted by atomic mass is 10.2. The van der Waals surface area contributed by atoms with Crippen LogP contribution in [0.2, 0.25) is 0 Å². The molecule has 0 amide bonds. The molecule has 2 aliphatic rings. The molecule has 1 aliphatic heterocycles. The molecule has 86 valence electrons. The zero-order valence-corrected chi connectivity index (χ0v) is 10.2. The highest BCUT2D eigenvalue weighted by molar-refractivity contribution is 7.80. The predicted octanol–water partition coefficient (Wildman–Crippen LogP) is 1.52. The van der Waals surface area contributed by atoms with Crippen molar-refractivity contribution in [1.29, 1.82) is 0 Å². The molecule has 0 aromatic carbocycles. The zero-order chi connectivity index (χ0) is 10.7. The minimum Gasteiger partial charge on any atom is -0.376 e. The first-order chi connectivity index (χ1) is 7.29. The largest absolute Gasteiger partial charge is 0.376 e. The third kappa shape index (κ3) is 3.31. The fourth-order valence-electron chi connectivity index (χ4n) is 1.88. The molecule has 0 radical (unpaired) electrons. The molecule has 2 rings (SSSR count). The van der Waals surface area contributed by atoms with Gasteiger partial charge in [-0.15, -0.1) is 0 Å². The summed E-state index contributed by atoms with van der Waals surface area (Å²) in [6, 6.07) is 0.649. The number of nitrogens with one attached hydrogen (secondary N) is 1. The second kappa shape index (κ2) is 5.12. The van der Waals surface area contributed by atoms with Gasteiger partial charge in [-0.05, 0) is 44.8 Å². The Kier molecular flexibility index (Phi) is 3.81. The molecule has 1 N–H and O–H groups in total. The Balaban J connectivity index is 1.76. The number of thiocarbonyl (C=S) groups is 1. The van der Waals surface area contributed by atoms with Gasteiger partial charge >= 0.3 is 0 Å². The third-order valence-electron chi connectivity index (χ3n) is 3.02. The average molecular weight is 228 g/mol. The molecule has 2 fully saturated rings. The number of likely N-dealkylation sites (N-methyl/N-ethyl adjacent to an activating group) is 1. The van der Waals surface area contributed by atoms with Crippen LogP contribution in [0.25, 0.3) is 0 Å². The van der Waals surface area contributed by atoms with E-state index in [0.29, 0.717) is 12.1 Å². The summed E-state index contributed by atoms with van der Waals surface area (Å²) < 4.78 is 5.63. The molecule has 1 atom stereocenters. The predicted molar refractivity (Wildman–Crippen MR) is 65.0 cm³/mol. The number of ether oxygens (including phenoxy) is 1. The number of hydrogen-bond acceptors (Lipinski definition) is 2. The standard InChI is InChI=1S/C11H20N2OS/c1-2-13(8-10-4-3-7-14-10)11(15)12-9-5-6-9/h9-10H,2-8H2,1H3,(H,12,15). The van der Waals surface area contributed by atoms with E-state index in [1.165, 1.54) is 25.7 Å². The molecule has 1 heterocycles. The van der Waals surface area contributed by atoms with Crippen LogP contribution in [0.3, 0.4) is 0 Å². The van der Waals surface area contributed by atoms with Crippen molar-refractivity contribution < 1.29 is 4.74 Å². The van der Waals surface area contributed by atoms with Gasteiger partial charge in [-0.25, -0.2) is 0 Å². The Morgan fingerprint density at radius 3 is 2.80 bits per heavy atom. The Morgan fingerprint density at radius 1 is 1.47 bits per heavy atom. The van der Waals surface area contributed by atoms with Gasteiger partial charge in [0.25, 0.3) is 0 Å². The van der Waals surface area contributed by atoms with E-state index >= 15 is 0 Å². The third-order valence-corrected chi connectivity index (χ3v) is 3.40. The first-order valence-corrected chi connectivity index (χ1v) is 6.37. The minimum absolute atomic E-state index is 0.393. The van der Waals surface area contributed by atoms with Crippen molar-refractivity contribution in [2.45, 2.75) is 44.8 Å². The Hall–Kier alpha value is -0.350. The second-order valence-corrected chi connectivity index (χ2v) is 4.78. The van der Waals surface area contributed by atoms with E-state index in [9.17, 15) is 0 Å². The molecule has 0 spiro atoms. The van der Waals surface area contributed by atoms with E-state index in [2.05, 4.69) is 17.1 Å². The van der Waals surface area contributed by atoms with Gasteiger partial charge in [0.1, 0.15) is 0 Å². The molecule has 4 heteroatoms. The molecule has 0 aromatic heterocycles. The summed E-state index contributed by atoms with van der Waals surface area (Å²) in [6.45, 7) is 4.99. The normalized spacial score (nSPS) is 25.3. The highest BCUT2D eigenvalue weighted by Crippen LogP contribution is 2.19. The molecule has 1 aliphatic carbocycles. The van der Waals surface area contributed by atoms with Crippen LogP contribution < -0.4 is 5.32 Å². The first-order valence-electron chi connectivity index (χ1n) is 5.96. The van der Waals surface area contributed by atoms with Crippen LogP contribution in [0, 0.1) is 0 Å². The highest BCUT2D eigenvalue weighted by Gasteiger charge is 2.25. The lowest BCUT2D eigenvalue weighted by molar-refractivity contribution is 0.0921. The maximum atomic E-state index is 5.63. The number of nitrogens with zero attached hydrogens (tertiary/aromatic N) is 1. The van der Waals surface area contributed by atoms with Gasteiger partial charge in [0.05, 0.1) is 6.10 Å². The monoisotopic (exact) mass is 228 g/mol. The summed E-state index contributed by atoms with van der Waals surface area (Å²) in [6.07, 6.45) is 5.33. The highest BCUT2D eigenvalue weighted by atomic mass is 32.1. The van der Waals surface area contributed by atoms with Crippen LogP contribution in [0.5, 0.6) is 0 Å². The van der Waals surface area contributed by atoms with Crippen LogP contribution in [-0.2, 0) is 4.74 Å². The maximum absolute atomic E-state index is 5.63. The summed E-state index contributed by atoms with van der Waals surface area (Å²) in [4.78, 5) is 2.23. The molecule has 15 heavy (non-hydrogen) atoms. The smallest absolute Gasteiger partial charge is 0.169 e. The van der Waals surface area contributed by atoms with Crippen molar-refractivity contribution in [3.05, 3.63) is 0 Å². The van der Waals surface area contributed by atoms with Crippen molar-refractivity contribution in [3.63, 3.8) is 0 Å². The molecule has 1 saturated carbocycles. The summed E-state index contributed by atoms with van der Waals surface area (Å²) in [5.41, 5.74) is 0. The van der Waals surface area contributed by atoms with Crippen molar-refractivity contribution >= 4 is 17.3 Å². The second-order valence-electron chi connectivity index (χ2n) is 4.40. The molecule has 0 bridgehead atoms. The van der Waals surface area contributed by atoms with Crippen molar-refractivity contribution in [3.8, 4) is 0 Å². The summed E-state index contributed by atoms with van der Waals surface area (Å²) in [5.74, 6) is 0. The Labute approximate surface area is 97.2 Å². The van der Waals surface area contributed by atoms with E-state index in [1.54, 1.807) is 0 Å². The fraction of sp³-hybridized carbons (Fsp3) is 0.909. The van der Waals surface area contributed by atoms with E-state index < -0.39 is 0 Å². The van der Waals surface area contributed by atoms with Gasteiger partial charge in [0.15, 0.2) is 5.11 Å². The van der Waals surface area contributed by atoms with Crippen LogP contribution in [0.4, 0.5) is 0 Å². The number of hydrogen-bond donors (Lipinski definition) is 1.